The van der Waals surface area contributed by atoms with Gasteiger partial charge in [-0.15, -0.1) is 0 Å². The van der Waals surface area contributed by atoms with Gasteiger partial charge in [0.15, 0.2) is 0 Å². The normalized spacial score (nSPS) is 10.5. The minimum Gasteiger partial charge on any atom is -0.364 e. The smallest absolute Gasteiger partial charge is 0.267 e. The molecule has 1 aromatic heterocycles. The van der Waals surface area contributed by atoms with Crippen LogP contribution in [0.1, 0.15) is 21.7 Å². The first-order chi connectivity index (χ1) is 7.08. The standard InChI is InChI=1S/C12H11N2O/c1-7-3-4-10-8(2)14-11(12(13)15)6-9(10)5-7/h3-4,6H,1-2H3,(H2,13,15). The number of amides is 1. The topological polar surface area (TPSA) is 56.0 Å². The second-order valence-electron chi connectivity index (χ2n) is 3.56. The van der Waals surface area contributed by atoms with Gasteiger partial charge in [0.2, 0.25) is 0 Å². The molecule has 2 rings (SSSR count). The van der Waals surface area contributed by atoms with Crippen molar-refractivity contribution in [2.24, 2.45) is 5.73 Å². The van der Waals surface area contributed by atoms with Crippen LogP contribution < -0.4 is 5.73 Å². The number of rotatable bonds is 1. The second-order valence-corrected chi connectivity index (χ2v) is 3.56. The number of aryl methyl sites for hydroxylation is 2. The fourth-order valence-corrected chi connectivity index (χ4v) is 1.58. The Hall–Kier alpha value is -1.90. The average molecular weight is 199 g/mol. The summed E-state index contributed by atoms with van der Waals surface area (Å²) in [6.45, 7) is 3.82. The van der Waals surface area contributed by atoms with Gasteiger partial charge in [-0.1, -0.05) is 12.1 Å². The van der Waals surface area contributed by atoms with Crippen molar-refractivity contribution in [3.63, 3.8) is 0 Å². The molecule has 75 valence electrons. The molecular formula is C12H11N2O. The van der Waals surface area contributed by atoms with Crippen LogP contribution in [0.5, 0.6) is 0 Å². The third kappa shape index (κ3) is 1.68. The van der Waals surface area contributed by atoms with Crippen LogP contribution in [0.3, 0.4) is 0 Å². The molecule has 0 aliphatic rings. The highest BCUT2D eigenvalue weighted by atomic mass is 16.1. The molecule has 0 bridgehead atoms. The molecule has 15 heavy (non-hydrogen) atoms. The molecule has 2 N–H and O–H groups in total. The summed E-state index contributed by atoms with van der Waals surface area (Å²) in [5, 5.41) is 1.89. The van der Waals surface area contributed by atoms with Gasteiger partial charge in [0.25, 0.3) is 5.91 Å². The highest BCUT2D eigenvalue weighted by Crippen LogP contribution is 2.18. The van der Waals surface area contributed by atoms with Crippen molar-refractivity contribution in [3.8, 4) is 0 Å². The van der Waals surface area contributed by atoms with E-state index in [9.17, 15) is 4.79 Å². The summed E-state index contributed by atoms with van der Waals surface area (Å²) in [5.74, 6) is -0.505. The summed E-state index contributed by atoms with van der Waals surface area (Å²) >= 11 is 0. The van der Waals surface area contributed by atoms with Crippen LogP contribution in [0.25, 0.3) is 10.8 Å². The van der Waals surface area contributed by atoms with Crippen molar-refractivity contribution in [3.05, 3.63) is 41.2 Å². The van der Waals surface area contributed by atoms with Crippen LogP contribution in [-0.2, 0) is 0 Å². The maximum absolute atomic E-state index is 11.0. The van der Waals surface area contributed by atoms with Crippen molar-refractivity contribution in [1.82, 2.24) is 4.98 Å². The molecule has 0 saturated heterocycles. The van der Waals surface area contributed by atoms with Gasteiger partial charge < -0.3 is 5.73 Å². The Morgan fingerprint density at radius 2 is 2.13 bits per heavy atom. The van der Waals surface area contributed by atoms with Crippen LogP contribution in [0.4, 0.5) is 0 Å². The van der Waals surface area contributed by atoms with Crippen molar-refractivity contribution < 1.29 is 4.79 Å². The zero-order chi connectivity index (χ0) is 11.0. The van der Waals surface area contributed by atoms with E-state index >= 15 is 0 Å². The Labute approximate surface area is 87.9 Å². The first-order valence-corrected chi connectivity index (χ1v) is 4.68. The third-order valence-electron chi connectivity index (χ3n) is 2.33. The van der Waals surface area contributed by atoms with Gasteiger partial charge in [-0.25, -0.2) is 4.98 Å². The Balaban J connectivity index is 2.79. The zero-order valence-corrected chi connectivity index (χ0v) is 8.66. The predicted octanol–water partition coefficient (Wildman–Crippen LogP) is 1.75. The average Bonchev–Trinajstić information content (AvgIpc) is 2.16. The van der Waals surface area contributed by atoms with Gasteiger partial charge in [-0.3, -0.25) is 4.79 Å². The maximum Gasteiger partial charge on any atom is 0.267 e. The van der Waals surface area contributed by atoms with E-state index in [4.69, 9.17) is 5.73 Å². The van der Waals surface area contributed by atoms with Crippen LogP contribution in [0.15, 0.2) is 18.2 Å². The fourth-order valence-electron chi connectivity index (χ4n) is 1.58. The van der Waals surface area contributed by atoms with E-state index in [2.05, 4.69) is 11.1 Å². The van der Waals surface area contributed by atoms with E-state index in [-0.39, 0.29) is 0 Å². The van der Waals surface area contributed by atoms with Crippen molar-refractivity contribution in [2.45, 2.75) is 13.8 Å². The van der Waals surface area contributed by atoms with Gasteiger partial charge in [-0.2, -0.15) is 0 Å². The van der Waals surface area contributed by atoms with Crippen molar-refractivity contribution >= 4 is 16.7 Å². The van der Waals surface area contributed by atoms with Crippen molar-refractivity contribution in [2.75, 3.05) is 0 Å². The quantitative estimate of drug-likeness (QED) is 0.760. The highest BCUT2D eigenvalue weighted by molar-refractivity contribution is 5.96. The van der Waals surface area contributed by atoms with E-state index < -0.39 is 5.91 Å². The lowest BCUT2D eigenvalue weighted by Gasteiger charge is -2.04. The Morgan fingerprint density at radius 1 is 1.40 bits per heavy atom. The number of fused-ring (bicyclic) bond motifs is 1. The third-order valence-corrected chi connectivity index (χ3v) is 2.33. The van der Waals surface area contributed by atoms with Gasteiger partial charge in [-0.05, 0) is 36.9 Å². The summed E-state index contributed by atoms with van der Waals surface area (Å²) in [6.07, 6.45) is 0. The Bertz CT molecular complexity index is 547. The first-order valence-electron chi connectivity index (χ1n) is 4.68. The van der Waals surface area contributed by atoms with Crippen LogP contribution in [-0.4, -0.2) is 10.9 Å². The second kappa shape index (κ2) is 3.35. The maximum atomic E-state index is 11.0. The van der Waals surface area contributed by atoms with Gasteiger partial charge in [0, 0.05) is 11.1 Å². The number of nitrogens with zero attached hydrogens (tertiary/aromatic N) is 1. The number of hydrogen-bond donors (Lipinski definition) is 1. The lowest BCUT2D eigenvalue weighted by Crippen LogP contribution is -2.13. The number of carbonyl (C=O) groups is 1. The Morgan fingerprint density at radius 3 is 2.80 bits per heavy atom. The predicted molar refractivity (Wildman–Crippen MR) is 58.6 cm³/mol. The van der Waals surface area contributed by atoms with E-state index in [0.717, 1.165) is 22.0 Å². The summed E-state index contributed by atoms with van der Waals surface area (Å²) in [5.41, 5.74) is 7.32. The van der Waals surface area contributed by atoms with Gasteiger partial charge in [0.05, 0.1) is 0 Å². The number of pyridine rings is 1. The lowest BCUT2D eigenvalue weighted by atomic mass is 10.1. The molecule has 1 radical (unpaired) electrons. The van der Waals surface area contributed by atoms with E-state index in [1.807, 2.05) is 26.0 Å². The largest absolute Gasteiger partial charge is 0.364 e. The molecule has 2 aromatic rings. The molecule has 0 aliphatic heterocycles. The zero-order valence-electron chi connectivity index (χ0n) is 8.66. The van der Waals surface area contributed by atoms with Crippen LogP contribution in [0, 0.1) is 19.9 Å². The molecule has 1 amide bonds. The minimum absolute atomic E-state index is 0.293. The summed E-state index contributed by atoms with van der Waals surface area (Å²) in [4.78, 5) is 15.2. The molecule has 0 atom stereocenters. The monoisotopic (exact) mass is 199 g/mol. The number of hydrogen-bond acceptors (Lipinski definition) is 2. The van der Waals surface area contributed by atoms with Crippen LogP contribution >= 0.6 is 0 Å². The minimum atomic E-state index is -0.505. The van der Waals surface area contributed by atoms with Gasteiger partial charge in [0.1, 0.15) is 5.69 Å². The van der Waals surface area contributed by atoms with Crippen LogP contribution in [0.2, 0.25) is 0 Å². The van der Waals surface area contributed by atoms with Gasteiger partial charge >= 0.3 is 0 Å². The number of nitrogens with two attached hydrogens (primary N) is 1. The van der Waals surface area contributed by atoms with E-state index in [1.165, 1.54) is 0 Å². The number of carbonyl (C=O) groups excluding carboxylic acids is 1. The number of benzene rings is 1. The highest BCUT2D eigenvalue weighted by Gasteiger charge is 2.06. The molecule has 3 nitrogen and oxygen atoms in total. The summed E-state index contributed by atoms with van der Waals surface area (Å²) in [7, 11) is 0. The fraction of sp³-hybridized carbons (Fsp3) is 0.167. The number of aromatic nitrogens is 1. The summed E-state index contributed by atoms with van der Waals surface area (Å²) in [6, 6.07) is 8.81. The molecule has 0 saturated carbocycles. The molecule has 0 unspecified atom stereocenters. The molecule has 1 heterocycles. The molecule has 0 spiro atoms. The number of primary amides is 1. The van der Waals surface area contributed by atoms with Crippen molar-refractivity contribution in [1.29, 1.82) is 0 Å². The molecule has 0 aliphatic carbocycles. The molecule has 0 fully saturated rings. The SMILES string of the molecule is Cc1[c]c2cc(C(N)=O)nc(C)c2cc1. The summed E-state index contributed by atoms with van der Waals surface area (Å²) < 4.78 is 0. The first kappa shape index (κ1) is 9.65. The van der Waals surface area contributed by atoms with E-state index in [0.29, 0.717) is 5.69 Å². The molecule has 1 aromatic carbocycles. The molecular weight excluding hydrogens is 188 g/mol. The lowest BCUT2D eigenvalue weighted by molar-refractivity contribution is 0.0995. The Kier molecular flexibility index (Phi) is 2.15. The molecule has 3 heteroatoms. The van der Waals surface area contributed by atoms with E-state index in [1.54, 1.807) is 6.07 Å².